The van der Waals surface area contributed by atoms with Crippen molar-refractivity contribution in [3.05, 3.63) is 35.9 Å². The second kappa shape index (κ2) is 6.34. The normalized spacial score (nSPS) is 12.3. The highest BCUT2D eigenvalue weighted by atomic mass is 16.5. The summed E-state index contributed by atoms with van der Waals surface area (Å²) in [5.41, 5.74) is 6.94. The number of nitrogens with one attached hydrogen (secondary N) is 1. The first kappa shape index (κ1) is 14.3. The van der Waals surface area contributed by atoms with Crippen LogP contribution in [0.3, 0.4) is 0 Å². The minimum atomic E-state index is -0.151. The Balaban J connectivity index is 2.34. The average Bonchev–Trinajstić information content (AvgIpc) is 2.44. The molecule has 0 saturated carbocycles. The summed E-state index contributed by atoms with van der Waals surface area (Å²) < 4.78 is 11.1. The van der Waals surface area contributed by atoms with Crippen molar-refractivity contribution in [1.82, 2.24) is 4.98 Å². The molecule has 106 valence electrons. The van der Waals surface area contributed by atoms with E-state index in [9.17, 15) is 0 Å². The Kier molecular flexibility index (Phi) is 4.53. The molecule has 3 N–H and O–H groups in total. The van der Waals surface area contributed by atoms with Gasteiger partial charge in [-0.15, -0.1) is 0 Å². The SMILES string of the molecule is CCOCC(C)Oc1nc2ccccc2cc1C(=N)N. The number of amidine groups is 1. The Morgan fingerprint density at radius 2 is 2.15 bits per heavy atom. The first-order valence-corrected chi connectivity index (χ1v) is 6.60. The second-order valence-corrected chi connectivity index (χ2v) is 4.54. The molecule has 0 spiro atoms. The largest absolute Gasteiger partial charge is 0.472 e. The van der Waals surface area contributed by atoms with Gasteiger partial charge in [0.05, 0.1) is 17.7 Å². The van der Waals surface area contributed by atoms with Crippen molar-refractivity contribution < 1.29 is 9.47 Å². The van der Waals surface area contributed by atoms with Gasteiger partial charge in [0.1, 0.15) is 11.9 Å². The molecule has 0 aliphatic heterocycles. The molecule has 0 fully saturated rings. The minimum absolute atomic E-state index is 0.0538. The third kappa shape index (κ3) is 3.24. The molecule has 1 heterocycles. The lowest BCUT2D eigenvalue weighted by Crippen LogP contribution is -2.22. The van der Waals surface area contributed by atoms with Crippen LogP contribution in [0.1, 0.15) is 19.4 Å². The number of benzene rings is 1. The van der Waals surface area contributed by atoms with Crippen LogP contribution in [0.25, 0.3) is 10.9 Å². The number of rotatable bonds is 6. The third-order valence-corrected chi connectivity index (χ3v) is 2.85. The van der Waals surface area contributed by atoms with Crippen LogP contribution in [-0.4, -0.2) is 30.1 Å². The summed E-state index contributed by atoms with van der Waals surface area (Å²) in [6.45, 7) is 4.94. The average molecular weight is 273 g/mol. The van der Waals surface area contributed by atoms with Crippen molar-refractivity contribution >= 4 is 16.7 Å². The lowest BCUT2D eigenvalue weighted by atomic mass is 10.1. The molecule has 1 atom stereocenters. The van der Waals surface area contributed by atoms with E-state index in [1.54, 1.807) is 0 Å². The summed E-state index contributed by atoms with van der Waals surface area (Å²) in [5.74, 6) is 0.324. The number of hydrogen-bond donors (Lipinski definition) is 2. The Labute approximate surface area is 118 Å². The standard InChI is InChI=1S/C15H19N3O2/c1-3-19-9-10(2)20-15-12(14(16)17)8-11-6-4-5-7-13(11)18-15/h4-8,10H,3,9H2,1-2H3,(H3,16,17). The van der Waals surface area contributed by atoms with Crippen molar-refractivity contribution in [3.63, 3.8) is 0 Å². The maximum atomic E-state index is 7.66. The fourth-order valence-corrected chi connectivity index (χ4v) is 1.89. The van der Waals surface area contributed by atoms with Gasteiger partial charge >= 0.3 is 0 Å². The molecule has 2 aromatic rings. The molecular weight excluding hydrogens is 254 g/mol. The number of ether oxygens (including phenoxy) is 2. The number of nitrogens with zero attached hydrogens (tertiary/aromatic N) is 1. The van der Waals surface area contributed by atoms with Gasteiger partial charge in [0.15, 0.2) is 0 Å². The van der Waals surface area contributed by atoms with Crippen molar-refractivity contribution in [2.45, 2.75) is 20.0 Å². The van der Waals surface area contributed by atoms with E-state index in [1.807, 2.05) is 44.2 Å². The Bertz CT molecular complexity index is 613. The zero-order valence-corrected chi connectivity index (χ0v) is 11.7. The Morgan fingerprint density at radius 1 is 1.40 bits per heavy atom. The van der Waals surface area contributed by atoms with Gasteiger partial charge in [0.2, 0.25) is 5.88 Å². The van der Waals surface area contributed by atoms with E-state index in [0.717, 1.165) is 10.9 Å². The second-order valence-electron chi connectivity index (χ2n) is 4.54. The summed E-state index contributed by atoms with van der Waals surface area (Å²) in [6.07, 6.45) is -0.151. The van der Waals surface area contributed by atoms with E-state index < -0.39 is 0 Å². The number of aromatic nitrogens is 1. The summed E-state index contributed by atoms with van der Waals surface area (Å²) in [5, 5.41) is 8.59. The van der Waals surface area contributed by atoms with Gasteiger partial charge in [-0.3, -0.25) is 5.41 Å². The summed E-state index contributed by atoms with van der Waals surface area (Å²) in [7, 11) is 0. The van der Waals surface area contributed by atoms with E-state index in [1.165, 1.54) is 0 Å². The molecular formula is C15H19N3O2. The monoisotopic (exact) mass is 273 g/mol. The van der Waals surface area contributed by atoms with Crippen molar-refractivity contribution in [2.24, 2.45) is 5.73 Å². The molecule has 5 nitrogen and oxygen atoms in total. The number of hydrogen-bond acceptors (Lipinski definition) is 4. The van der Waals surface area contributed by atoms with Crippen molar-refractivity contribution in [1.29, 1.82) is 5.41 Å². The highest BCUT2D eigenvalue weighted by Gasteiger charge is 2.14. The van der Waals surface area contributed by atoms with E-state index in [2.05, 4.69) is 4.98 Å². The van der Waals surface area contributed by atoms with Crippen molar-refractivity contribution in [2.75, 3.05) is 13.2 Å². The maximum Gasteiger partial charge on any atom is 0.225 e. The van der Waals surface area contributed by atoms with Crippen LogP contribution in [0.15, 0.2) is 30.3 Å². The molecule has 5 heteroatoms. The topological polar surface area (TPSA) is 81.2 Å². The zero-order valence-electron chi connectivity index (χ0n) is 11.7. The first-order valence-electron chi connectivity index (χ1n) is 6.60. The lowest BCUT2D eigenvalue weighted by molar-refractivity contribution is 0.0634. The summed E-state index contributed by atoms with van der Waals surface area (Å²) >= 11 is 0. The number of nitrogens with two attached hydrogens (primary N) is 1. The van der Waals surface area contributed by atoms with Crippen LogP contribution < -0.4 is 10.5 Å². The summed E-state index contributed by atoms with van der Waals surface area (Å²) in [6, 6.07) is 9.50. The molecule has 0 saturated heterocycles. The molecule has 2 rings (SSSR count). The summed E-state index contributed by atoms with van der Waals surface area (Å²) in [4.78, 5) is 4.45. The molecule has 1 aromatic heterocycles. The molecule has 0 aliphatic rings. The number of nitrogen functional groups attached to an aromatic ring is 1. The van der Waals surface area contributed by atoms with Gasteiger partial charge < -0.3 is 15.2 Å². The van der Waals surface area contributed by atoms with Gasteiger partial charge in [-0.25, -0.2) is 4.98 Å². The van der Waals surface area contributed by atoms with Crippen LogP contribution in [0, 0.1) is 5.41 Å². The lowest BCUT2D eigenvalue weighted by Gasteiger charge is -2.16. The van der Waals surface area contributed by atoms with Gasteiger partial charge in [-0.2, -0.15) is 0 Å². The predicted octanol–water partition coefficient (Wildman–Crippen LogP) is 2.32. The Morgan fingerprint density at radius 3 is 2.85 bits per heavy atom. The van der Waals surface area contributed by atoms with E-state index in [4.69, 9.17) is 20.6 Å². The maximum absolute atomic E-state index is 7.66. The fourth-order valence-electron chi connectivity index (χ4n) is 1.89. The van der Waals surface area contributed by atoms with E-state index in [-0.39, 0.29) is 11.9 Å². The van der Waals surface area contributed by atoms with Gasteiger partial charge in [-0.05, 0) is 26.0 Å². The van der Waals surface area contributed by atoms with Crippen LogP contribution in [0.5, 0.6) is 5.88 Å². The van der Waals surface area contributed by atoms with Gasteiger partial charge in [0.25, 0.3) is 0 Å². The molecule has 0 bridgehead atoms. The van der Waals surface area contributed by atoms with Crippen LogP contribution >= 0.6 is 0 Å². The Hall–Kier alpha value is -2.14. The highest BCUT2D eigenvalue weighted by Crippen LogP contribution is 2.22. The molecule has 0 aliphatic carbocycles. The predicted molar refractivity (Wildman–Crippen MR) is 79.3 cm³/mol. The smallest absolute Gasteiger partial charge is 0.225 e. The molecule has 0 radical (unpaired) electrons. The van der Waals surface area contributed by atoms with Gasteiger partial charge in [-0.1, -0.05) is 18.2 Å². The number of pyridine rings is 1. The minimum Gasteiger partial charge on any atom is -0.472 e. The van der Waals surface area contributed by atoms with E-state index >= 15 is 0 Å². The number of para-hydroxylation sites is 1. The highest BCUT2D eigenvalue weighted by molar-refractivity contribution is 6.00. The quantitative estimate of drug-likeness (QED) is 0.625. The fraction of sp³-hybridized carbons (Fsp3) is 0.333. The number of fused-ring (bicyclic) bond motifs is 1. The van der Waals surface area contributed by atoms with Crippen molar-refractivity contribution in [3.8, 4) is 5.88 Å². The van der Waals surface area contributed by atoms with Gasteiger partial charge in [0, 0.05) is 12.0 Å². The molecule has 1 aromatic carbocycles. The molecule has 0 amide bonds. The first-order chi connectivity index (χ1) is 9.61. The zero-order chi connectivity index (χ0) is 14.5. The van der Waals surface area contributed by atoms with E-state index in [0.29, 0.717) is 24.7 Å². The van der Waals surface area contributed by atoms with Crippen LogP contribution in [0.2, 0.25) is 0 Å². The molecule has 20 heavy (non-hydrogen) atoms. The van der Waals surface area contributed by atoms with Crippen LogP contribution in [0.4, 0.5) is 0 Å². The molecule has 1 unspecified atom stereocenters. The van der Waals surface area contributed by atoms with Crippen LogP contribution in [-0.2, 0) is 4.74 Å². The third-order valence-electron chi connectivity index (χ3n) is 2.85.